The lowest BCUT2D eigenvalue weighted by molar-refractivity contribution is -0.138. The van der Waals surface area contributed by atoms with Crippen LogP contribution >= 0.6 is 0 Å². The first-order chi connectivity index (χ1) is 10.5. The van der Waals surface area contributed by atoms with Gasteiger partial charge >= 0.3 is 0 Å². The lowest BCUT2D eigenvalue weighted by Gasteiger charge is -2.38. The number of para-hydroxylation sites is 1. The van der Waals surface area contributed by atoms with Gasteiger partial charge in [-0.3, -0.25) is 9.59 Å². The standard InChI is InChI=1S/C17H21N3O2/c1-17(16(18)22)7-4-8-20(11-17)15(21)9-12-10-19-14-6-3-2-5-13(12)14/h2-3,5-6,10,19H,4,7-9,11H2,1H3,(H2,18,22). The number of nitrogens with one attached hydrogen (secondary N) is 1. The number of aromatic nitrogens is 1. The van der Waals surface area contributed by atoms with E-state index >= 15 is 0 Å². The Balaban J connectivity index is 1.76. The van der Waals surface area contributed by atoms with E-state index in [-0.39, 0.29) is 11.8 Å². The molecular weight excluding hydrogens is 278 g/mol. The third kappa shape index (κ3) is 2.58. The zero-order chi connectivity index (χ0) is 15.7. The summed E-state index contributed by atoms with van der Waals surface area (Å²) in [5.41, 5.74) is 6.92. The van der Waals surface area contributed by atoms with E-state index in [1.807, 2.05) is 37.4 Å². The number of aromatic amines is 1. The Labute approximate surface area is 129 Å². The van der Waals surface area contributed by atoms with E-state index in [4.69, 9.17) is 5.73 Å². The molecule has 1 fully saturated rings. The van der Waals surface area contributed by atoms with E-state index in [9.17, 15) is 9.59 Å². The van der Waals surface area contributed by atoms with Crippen molar-refractivity contribution in [3.63, 3.8) is 0 Å². The molecule has 2 aromatic rings. The van der Waals surface area contributed by atoms with Crippen molar-refractivity contribution in [2.45, 2.75) is 26.2 Å². The van der Waals surface area contributed by atoms with Crippen LogP contribution in [0.15, 0.2) is 30.5 Å². The van der Waals surface area contributed by atoms with Crippen molar-refractivity contribution in [2.24, 2.45) is 11.1 Å². The van der Waals surface area contributed by atoms with Crippen molar-refractivity contribution in [3.8, 4) is 0 Å². The molecule has 2 amide bonds. The number of nitrogens with zero attached hydrogens (tertiary/aromatic N) is 1. The Morgan fingerprint density at radius 3 is 2.91 bits per heavy atom. The number of amides is 2. The summed E-state index contributed by atoms with van der Waals surface area (Å²) in [5.74, 6) is -0.269. The molecule has 1 aromatic heterocycles. The number of rotatable bonds is 3. The number of hydrogen-bond donors (Lipinski definition) is 2. The molecule has 0 aliphatic carbocycles. The van der Waals surface area contributed by atoms with Gasteiger partial charge in [0, 0.05) is 30.2 Å². The predicted molar refractivity (Wildman–Crippen MR) is 85.1 cm³/mol. The summed E-state index contributed by atoms with van der Waals surface area (Å²) >= 11 is 0. The van der Waals surface area contributed by atoms with Gasteiger partial charge < -0.3 is 15.6 Å². The lowest BCUT2D eigenvalue weighted by atomic mass is 9.81. The summed E-state index contributed by atoms with van der Waals surface area (Å²) in [5, 5.41) is 1.07. The Morgan fingerprint density at radius 2 is 2.14 bits per heavy atom. The Kier molecular flexibility index (Phi) is 3.64. The number of carbonyl (C=O) groups is 2. The molecule has 0 spiro atoms. The largest absolute Gasteiger partial charge is 0.369 e. The van der Waals surface area contributed by atoms with Crippen LogP contribution in [0.4, 0.5) is 0 Å². The van der Waals surface area contributed by atoms with Crippen molar-refractivity contribution in [2.75, 3.05) is 13.1 Å². The van der Waals surface area contributed by atoms with Crippen molar-refractivity contribution in [1.29, 1.82) is 0 Å². The van der Waals surface area contributed by atoms with Gasteiger partial charge in [0.05, 0.1) is 11.8 Å². The maximum absolute atomic E-state index is 12.6. The SMILES string of the molecule is CC1(C(N)=O)CCCN(C(=O)Cc2c[nH]c3ccccc23)C1. The molecule has 1 aromatic carbocycles. The molecule has 1 aliphatic rings. The zero-order valence-electron chi connectivity index (χ0n) is 12.8. The maximum Gasteiger partial charge on any atom is 0.227 e. The molecule has 22 heavy (non-hydrogen) atoms. The number of primary amides is 1. The van der Waals surface area contributed by atoms with E-state index < -0.39 is 5.41 Å². The van der Waals surface area contributed by atoms with Gasteiger partial charge in [-0.25, -0.2) is 0 Å². The van der Waals surface area contributed by atoms with Crippen LogP contribution in [0.2, 0.25) is 0 Å². The minimum atomic E-state index is -0.603. The van der Waals surface area contributed by atoms with Crippen LogP contribution < -0.4 is 5.73 Å². The second kappa shape index (κ2) is 5.48. The first-order valence-corrected chi connectivity index (χ1v) is 7.62. The second-order valence-electron chi connectivity index (χ2n) is 6.38. The highest BCUT2D eigenvalue weighted by Crippen LogP contribution is 2.29. The minimum absolute atomic E-state index is 0.0527. The molecule has 1 atom stereocenters. The van der Waals surface area contributed by atoms with Crippen LogP contribution in [0.25, 0.3) is 10.9 Å². The van der Waals surface area contributed by atoms with Gasteiger partial charge in [-0.2, -0.15) is 0 Å². The van der Waals surface area contributed by atoms with Crippen molar-refractivity contribution < 1.29 is 9.59 Å². The fourth-order valence-electron chi connectivity index (χ4n) is 3.21. The van der Waals surface area contributed by atoms with Gasteiger partial charge in [0.2, 0.25) is 11.8 Å². The molecule has 2 heterocycles. The monoisotopic (exact) mass is 299 g/mol. The highest BCUT2D eigenvalue weighted by molar-refractivity contribution is 5.89. The van der Waals surface area contributed by atoms with E-state index in [1.54, 1.807) is 4.90 Å². The van der Waals surface area contributed by atoms with Crippen molar-refractivity contribution in [3.05, 3.63) is 36.0 Å². The third-order valence-electron chi connectivity index (χ3n) is 4.66. The number of nitrogens with two attached hydrogens (primary N) is 1. The molecule has 3 rings (SSSR count). The first kappa shape index (κ1) is 14.6. The highest BCUT2D eigenvalue weighted by Gasteiger charge is 2.37. The molecule has 5 heteroatoms. The van der Waals surface area contributed by atoms with Gasteiger partial charge in [0.15, 0.2) is 0 Å². The molecule has 5 nitrogen and oxygen atoms in total. The normalized spacial score (nSPS) is 22.0. The summed E-state index contributed by atoms with van der Waals surface area (Å²) in [4.78, 5) is 29.2. The second-order valence-corrected chi connectivity index (χ2v) is 6.38. The number of benzene rings is 1. The molecule has 1 unspecified atom stereocenters. The fraction of sp³-hybridized carbons (Fsp3) is 0.412. The van der Waals surface area contributed by atoms with Crippen LogP contribution in [0.5, 0.6) is 0 Å². The molecule has 1 saturated heterocycles. The number of hydrogen-bond acceptors (Lipinski definition) is 2. The first-order valence-electron chi connectivity index (χ1n) is 7.62. The number of fused-ring (bicyclic) bond motifs is 1. The Bertz CT molecular complexity index is 722. The topological polar surface area (TPSA) is 79.2 Å². The highest BCUT2D eigenvalue weighted by atomic mass is 16.2. The molecule has 116 valence electrons. The van der Waals surface area contributed by atoms with Crippen molar-refractivity contribution in [1.82, 2.24) is 9.88 Å². The summed E-state index contributed by atoms with van der Waals surface area (Å²) < 4.78 is 0. The van der Waals surface area contributed by atoms with Crippen LogP contribution in [0.1, 0.15) is 25.3 Å². The van der Waals surface area contributed by atoms with Crippen LogP contribution in [-0.2, 0) is 16.0 Å². The van der Waals surface area contributed by atoms with E-state index in [0.29, 0.717) is 19.5 Å². The third-order valence-corrected chi connectivity index (χ3v) is 4.66. The van der Waals surface area contributed by atoms with Gasteiger partial charge in [-0.05, 0) is 31.4 Å². The van der Waals surface area contributed by atoms with E-state index in [1.165, 1.54) is 0 Å². The Morgan fingerprint density at radius 1 is 1.36 bits per heavy atom. The minimum Gasteiger partial charge on any atom is -0.369 e. The Hall–Kier alpha value is -2.30. The summed E-state index contributed by atoms with van der Waals surface area (Å²) in [7, 11) is 0. The van der Waals surface area contributed by atoms with E-state index in [0.717, 1.165) is 29.3 Å². The zero-order valence-corrected chi connectivity index (χ0v) is 12.8. The van der Waals surface area contributed by atoms with E-state index in [2.05, 4.69) is 4.98 Å². The molecule has 0 bridgehead atoms. The summed E-state index contributed by atoms with van der Waals surface area (Å²) in [6, 6.07) is 7.94. The van der Waals surface area contributed by atoms with Gasteiger partial charge in [-0.1, -0.05) is 18.2 Å². The maximum atomic E-state index is 12.6. The molecule has 1 aliphatic heterocycles. The molecule has 3 N–H and O–H groups in total. The average molecular weight is 299 g/mol. The fourth-order valence-corrected chi connectivity index (χ4v) is 3.21. The van der Waals surface area contributed by atoms with Crippen LogP contribution in [-0.4, -0.2) is 34.8 Å². The average Bonchev–Trinajstić information content (AvgIpc) is 2.90. The quantitative estimate of drug-likeness (QED) is 0.906. The summed E-state index contributed by atoms with van der Waals surface area (Å²) in [6.07, 6.45) is 3.80. The smallest absolute Gasteiger partial charge is 0.227 e. The van der Waals surface area contributed by atoms with Gasteiger partial charge in [0.1, 0.15) is 0 Å². The van der Waals surface area contributed by atoms with Crippen LogP contribution in [0.3, 0.4) is 0 Å². The molecule has 0 saturated carbocycles. The number of piperidine rings is 1. The number of likely N-dealkylation sites (tertiary alicyclic amines) is 1. The predicted octanol–water partition coefficient (Wildman–Crippen LogP) is 1.82. The number of H-pyrrole nitrogens is 1. The number of carbonyl (C=O) groups excluding carboxylic acids is 2. The van der Waals surface area contributed by atoms with Gasteiger partial charge in [-0.15, -0.1) is 0 Å². The lowest BCUT2D eigenvalue weighted by Crippen LogP contribution is -2.50. The van der Waals surface area contributed by atoms with Crippen molar-refractivity contribution >= 4 is 22.7 Å². The molecular formula is C17H21N3O2. The summed E-state index contributed by atoms with van der Waals surface area (Å²) in [6.45, 7) is 2.97. The van der Waals surface area contributed by atoms with Gasteiger partial charge in [0.25, 0.3) is 0 Å². The van der Waals surface area contributed by atoms with Crippen LogP contribution in [0, 0.1) is 5.41 Å². The molecule has 0 radical (unpaired) electrons.